The fraction of sp³-hybridized carbons (Fsp3) is 0.278. The van der Waals surface area contributed by atoms with Gasteiger partial charge in [0.1, 0.15) is 0 Å². The van der Waals surface area contributed by atoms with Gasteiger partial charge in [-0.2, -0.15) is 0 Å². The van der Waals surface area contributed by atoms with Crippen molar-refractivity contribution >= 4 is 40.9 Å². The number of urea groups is 1. The molecule has 1 atom stereocenters. The van der Waals surface area contributed by atoms with Gasteiger partial charge in [0.05, 0.1) is 12.0 Å². The number of H-pyrrole nitrogens is 1. The highest BCUT2D eigenvalue weighted by atomic mass is 16.4. The van der Waals surface area contributed by atoms with Gasteiger partial charge in [-0.3, -0.25) is 24.4 Å². The lowest BCUT2D eigenvalue weighted by atomic mass is 10.0. The van der Waals surface area contributed by atoms with Crippen molar-refractivity contribution in [1.82, 2.24) is 14.8 Å². The zero-order chi connectivity index (χ0) is 19.7. The number of fused-ring (bicyclic) bond motifs is 1. The van der Waals surface area contributed by atoms with Crippen molar-refractivity contribution < 1.29 is 24.3 Å². The molecule has 0 saturated carbocycles. The van der Waals surface area contributed by atoms with E-state index >= 15 is 0 Å². The van der Waals surface area contributed by atoms with E-state index in [2.05, 4.69) is 9.98 Å². The van der Waals surface area contributed by atoms with Crippen LogP contribution in [0.1, 0.15) is 5.56 Å². The molecule has 3 rings (SSSR count). The Morgan fingerprint density at radius 2 is 1.85 bits per heavy atom. The van der Waals surface area contributed by atoms with E-state index in [4.69, 9.17) is 0 Å². The second kappa shape index (κ2) is 7.02. The first-order valence-corrected chi connectivity index (χ1v) is 8.19. The third-order valence-electron chi connectivity index (χ3n) is 4.54. The molecule has 1 saturated heterocycles. The van der Waals surface area contributed by atoms with E-state index < -0.39 is 35.8 Å². The summed E-state index contributed by atoms with van der Waals surface area (Å²) in [6.45, 7) is 0. The molecule has 27 heavy (non-hydrogen) atoms. The van der Waals surface area contributed by atoms with Crippen molar-refractivity contribution in [3.63, 3.8) is 0 Å². The van der Waals surface area contributed by atoms with Crippen molar-refractivity contribution in [3.05, 3.63) is 36.0 Å². The zero-order valence-corrected chi connectivity index (χ0v) is 14.7. The van der Waals surface area contributed by atoms with Gasteiger partial charge in [0, 0.05) is 43.8 Å². The number of amides is 4. The standard InChI is InChI=1S/C18H18N4O5/c1-21-15(23)12(16(24)22(2)18(21)27)9-20-14(17(25)26)7-10-8-19-13-6-4-3-5-11(10)13/h3-6,8-9,12,14,19H,7H2,1-2H3,(H,25,26)/p-1. The fourth-order valence-electron chi connectivity index (χ4n) is 2.96. The Labute approximate surface area is 154 Å². The molecule has 1 N–H and O–H groups in total. The number of carboxylic acid groups (broad SMARTS) is 1. The second-order valence-electron chi connectivity index (χ2n) is 6.25. The fourth-order valence-corrected chi connectivity index (χ4v) is 2.96. The molecule has 1 aromatic heterocycles. The van der Waals surface area contributed by atoms with E-state index in [9.17, 15) is 24.3 Å². The summed E-state index contributed by atoms with van der Waals surface area (Å²) in [5.41, 5.74) is 1.58. The van der Waals surface area contributed by atoms with Crippen molar-refractivity contribution in [2.75, 3.05) is 14.1 Å². The summed E-state index contributed by atoms with van der Waals surface area (Å²) in [5, 5.41) is 12.4. The Morgan fingerprint density at radius 1 is 1.22 bits per heavy atom. The average molecular weight is 369 g/mol. The lowest BCUT2D eigenvalue weighted by molar-refractivity contribution is -0.307. The van der Waals surface area contributed by atoms with Gasteiger partial charge in [-0.05, 0) is 11.6 Å². The predicted octanol–water partition coefficient (Wildman–Crippen LogP) is -0.434. The molecule has 2 heterocycles. The second-order valence-corrected chi connectivity index (χ2v) is 6.25. The first-order valence-electron chi connectivity index (χ1n) is 8.19. The summed E-state index contributed by atoms with van der Waals surface area (Å²) in [4.78, 5) is 56.1. The minimum atomic E-state index is -1.43. The van der Waals surface area contributed by atoms with Crippen molar-refractivity contribution in [2.24, 2.45) is 10.9 Å². The first-order chi connectivity index (χ1) is 12.8. The van der Waals surface area contributed by atoms with Crippen LogP contribution in [0, 0.1) is 5.92 Å². The van der Waals surface area contributed by atoms with Crippen LogP contribution in [0.25, 0.3) is 10.9 Å². The number of aliphatic carboxylic acids is 1. The number of para-hydroxylation sites is 1. The molecule has 1 fully saturated rings. The van der Waals surface area contributed by atoms with Gasteiger partial charge < -0.3 is 14.9 Å². The lowest BCUT2D eigenvalue weighted by Crippen LogP contribution is -2.57. The normalized spacial score (nSPS) is 17.3. The summed E-state index contributed by atoms with van der Waals surface area (Å²) in [6, 6.07) is 5.37. The maximum absolute atomic E-state index is 12.2. The smallest absolute Gasteiger partial charge is 0.332 e. The number of nitrogens with one attached hydrogen (secondary N) is 1. The number of carbonyl (C=O) groups excluding carboxylic acids is 4. The third kappa shape index (κ3) is 3.31. The van der Waals surface area contributed by atoms with Crippen molar-refractivity contribution in [2.45, 2.75) is 12.5 Å². The summed E-state index contributed by atoms with van der Waals surface area (Å²) in [5.74, 6) is -4.28. The highest BCUT2D eigenvalue weighted by Gasteiger charge is 2.41. The molecular weight excluding hydrogens is 352 g/mol. The quantitative estimate of drug-likeness (QED) is 0.565. The van der Waals surface area contributed by atoms with Crippen LogP contribution in [-0.2, 0) is 20.8 Å². The molecule has 4 amide bonds. The maximum Gasteiger partial charge on any atom is 0.332 e. The Bertz CT molecular complexity index is 940. The number of imide groups is 2. The van der Waals surface area contributed by atoms with E-state index in [1.165, 1.54) is 14.1 Å². The van der Waals surface area contributed by atoms with Gasteiger partial charge in [-0.25, -0.2) is 4.79 Å². The minimum absolute atomic E-state index is 0.0303. The first kappa shape index (κ1) is 18.3. The molecular formula is C18H17N4O5-. The number of benzene rings is 1. The number of barbiturate groups is 1. The van der Waals surface area contributed by atoms with Crippen molar-refractivity contribution in [3.8, 4) is 0 Å². The average Bonchev–Trinajstić information content (AvgIpc) is 3.06. The number of nitrogens with zero attached hydrogens (tertiary/aromatic N) is 3. The summed E-state index contributed by atoms with van der Waals surface area (Å²) < 4.78 is 0. The number of aromatic amines is 1. The van der Waals surface area contributed by atoms with Crippen LogP contribution in [0.5, 0.6) is 0 Å². The van der Waals surface area contributed by atoms with Crippen LogP contribution in [0.3, 0.4) is 0 Å². The Kier molecular flexibility index (Phi) is 4.76. The molecule has 1 aromatic carbocycles. The SMILES string of the molecule is CN1C(=O)C(C=NC(Cc2c[nH]c3ccccc23)C(=O)[O-])C(=O)N(C)C1=O. The van der Waals surface area contributed by atoms with Gasteiger partial charge >= 0.3 is 6.03 Å². The largest absolute Gasteiger partial charge is 0.548 e. The van der Waals surface area contributed by atoms with E-state index in [0.29, 0.717) is 0 Å². The summed E-state index contributed by atoms with van der Waals surface area (Å²) in [7, 11) is 2.49. The summed E-state index contributed by atoms with van der Waals surface area (Å²) >= 11 is 0. The highest BCUT2D eigenvalue weighted by Crippen LogP contribution is 2.20. The zero-order valence-electron chi connectivity index (χ0n) is 14.7. The predicted molar refractivity (Wildman–Crippen MR) is 93.7 cm³/mol. The van der Waals surface area contributed by atoms with Crippen LogP contribution in [0.2, 0.25) is 0 Å². The monoisotopic (exact) mass is 369 g/mol. The molecule has 0 radical (unpaired) electrons. The van der Waals surface area contributed by atoms with E-state index in [0.717, 1.165) is 32.5 Å². The van der Waals surface area contributed by atoms with Crippen molar-refractivity contribution in [1.29, 1.82) is 0 Å². The number of hydrogen-bond acceptors (Lipinski definition) is 6. The van der Waals surface area contributed by atoms with E-state index in [1.807, 2.05) is 24.3 Å². The minimum Gasteiger partial charge on any atom is -0.548 e. The number of carbonyl (C=O) groups is 4. The Balaban J connectivity index is 1.84. The number of rotatable bonds is 5. The van der Waals surface area contributed by atoms with Gasteiger partial charge in [0.15, 0.2) is 5.92 Å². The molecule has 9 nitrogen and oxygen atoms in total. The summed E-state index contributed by atoms with van der Waals surface area (Å²) in [6.07, 6.45) is 2.70. The molecule has 140 valence electrons. The topological polar surface area (TPSA) is 126 Å². The number of carboxylic acids is 1. The molecule has 2 aromatic rings. The molecule has 1 unspecified atom stereocenters. The van der Waals surface area contributed by atoms with Gasteiger partial charge in [-0.1, -0.05) is 18.2 Å². The van der Waals surface area contributed by atoms with E-state index in [1.54, 1.807) is 6.20 Å². The highest BCUT2D eigenvalue weighted by molar-refractivity contribution is 6.23. The van der Waals surface area contributed by atoms with Gasteiger partial charge in [0.2, 0.25) is 11.8 Å². The van der Waals surface area contributed by atoms with Crippen LogP contribution in [-0.4, -0.2) is 65.0 Å². The number of aliphatic imine (C=N–C) groups is 1. The maximum atomic E-state index is 12.2. The molecule has 1 aliphatic rings. The molecule has 9 heteroatoms. The van der Waals surface area contributed by atoms with Gasteiger partial charge in [0.25, 0.3) is 0 Å². The molecule has 0 spiro atoms. The molecule has 1 aliphatic heterocycles. The van der Waals surface area contributed by atoms with Crippen LogP contribution < -0.4 is 5.11 Å². The number of aromatic nitrogens is 1. The Hall–Kier alpha value is -3.49. The van der Waals surface area contributed by atoms with Crippen LogP contribution >= 0.6 is 0 Å². The van der Waals surface area contributed by atoms with E-state index in [-0.39, 0.29) is 6.42 Å². The van der Waals surface area contributed by atoms with Crippen LogP contribution in [0.15, 0.2) is 35.5 Å². The lowest BCUT2D eigenvalue weighted by Gasteiger charge is -2.31. The Morgan fingerprint density at radius 3 is 2.48 bits per heavy atom. The number of hydrogen-bond donors (Lipinski definition) is 1. The van der Waals surface area contributed by atoms with Crippen LogP contribution in [0.4, 0.5) is 4.79 Å². The molecule has 0 aliphatic carbocycles. The third-order valence-corrected chi connectivity index (χ3v) is 4.54. The van der Waals surface area contributed by atoms with Gasteiger partial charge in [-0.15, -0.1) is 0 Å². The molecule has 0 bridgehead atoms.